The van der Waals surface area contributed by atoms with Crippen LogP contribution in [0.5, 0.6) is 0 Å². The van der Waals surface area contributed by atoms with Crippen LogP contribution in [0, 0.1) is 0 Å². The molecular weight excluding hydrogens is 156 g/mol. The molecule has 0 spiro atoms. The topological polar surface area (TPSA) is 67.8 Å². The molecule has 0 radical (unpaired) electrons. The van der Waals surface area contributed by atoms with Crippen molar-refractivity contribution in [1.29, 1.82) is 0 Å². The average Bonchev–Trinajstić information content (AvgIpc) is 2.04. The zero-order valence-electron chi connectivity index (χ0n) is 7.79. The fourth-order valence-corrected chi connectivity index (χ4v) is 0.905. The van der Waals surface area contributed by atoms with Gasteiger partial charge < -0.3 is 15.7 Å². The molecule has 1 unspecified atom stereocenters. The molecule has 3 N–H and O–H groups in total. The number of oxime groups is 1. The van der Waals surface area contributed by atoms with Gasteiger partial charge in [-0.2, -0.15) is 0 Å². The van der Waals surface area contributed by atoms with Crippen LogP contribution in [0.3, 0.4) is 0 Å². The van der Waals surface area contributed by atoms with Crippen LogP contribution in [0.1, 0.15) is 33.1 Å². The molecule has 0 heterocycles. The Balaban J connectivity index is 3.30. The van der Waals surface area contributed by atoms with Gasteiger partial charge in [0.15, 0.2) is 0 Å². The Kier molecular flexibility index (Phi) is 6.47. The summed E-state index contributed by atoms with van der Waals surface area (Å²) >= 11 is 0. The summed E-state index contributed by atoms with van der Waals surface area (Å²) in [5.41, 5.74) is 5.25. The minimum absolute atomic E-state index is 0.221. The standard InChI is InChI=1S/C8H18N2O2/c1-3-4-7(2)12-6-5-8(9)10-11/h7,11H,3-6H2,1-2H3,(H2,9,10). The molecule has 72 valence electrons. The fourth-order valence-electron chi connectivity index (χ4n) is 0.905. The maximum Gasteiger partial charge on any atom is 0.141 e. The van der Waals surface area contributed by atoms with E-state index in [0.717, 1.165) is 12.8 Å². The van der Waals surface area contributed by atoms with Crippen molar-refractivity contribution in [1.82, 2.24) is 0 Å². The highest BCUT2D eigenvalue weighted by molar-refractivity contribution is 5.79. The molecule has 0 aromatic carbocycles. The second-order valence-corrected chi connectivity index (χ2v) is 2.81. The molecule has 0 saturated carbocycles. The summed E-state index contributed by atoms with van der Waals surface area (Å²) in [5, 5.41) is 11.1. The van der Waals surface area contributed by atoms with Crippen molar-refractivity contribution < 1.29 is 9.94 Å². The molecule has 0 aromatic rings. The fraction of sp³-hybridized carbons (Fsp3) is 0.875. The van der Waals surface area contributed by atoms with E-state index in [1.54, 1.807) is 0 Å². The lowest BCUT2D eigenvalue weighted by Crippen LogP contribution is -2.17. The summed E-state index contributed by atoms with van der Waals surface area (Å²) in [4.78, 5) is 0. The third-order valence-corrected chi connectivity index (χ3v) is 1.58. The quantitative estimate of drug-likeness (QED) is 0.276. The Bertz CT molecular complexity index is 137. The number of rotatable bonds is 6. The maximum absolute atomic E-state index is 8.21. The molecule has 0 amide bonds. The number of nitrogens with zero attached hydrogens (tertiary/aromatic N) is 1. The maximum atomic E-state index is 8.21. The third-order valence-electron chi connectivity index (χ3n) is 1.58. The normalized spacial score (nSPS) is 14.7. The van der Waals surface area contributed by atoms with E-state index in [0.29, 0.717) is 13.0 Å². The minimum atomic E-state index is 0.221. The smallest absolute Gasteiger partial charge is 0.141 e. The van der Waals surface area contributed by atoms with Crippen molar-refractivity contribution in [3.63, 3.8) is 0 Å². The molecule has 12 heavy (non-hydrogen) atoms. The van der Waals surface area contributed by atoms with E-state index in [9.17, 15) is 0 Å². The van der Waals surface area contributed by atoms with Crippen LogP contribution in [-0.4, -0.2) is 23.8 Å². The summed E-state index contributed by atoms with van der Waals surface area (Å²) in [7, 11) is 0. The summed E-state index contributed by atoms with van der Waals surface area (Å²) < 4.78 is 5.38. The highest BCUT2D eigenvalue weighted by Crippen LogP contribution is 2.00. The Morgan fingerprint density at radius 3 is 2.83 bits per heavy atom. The zero-order chi connectivity index (χ0) is 9.40. The Morgan fingerprint density at radius 1 is 1.67 bits per heavy atom. The summed E-state index contributed by atoms with van der Waals surface area (Å²) in [6.45, 7) is 4.66. The van der Waals surface area contributed by atoms with E-state index in [1.807, 2.05) is 6.92 Å². The van der Waals surface area contributed by atoms with E-state index in [2.05, 4.69) is 12.1 Å². The summed E-state index contributed by atoms with van der Waals surface area (Å²) in [6.07, 6.45) is 2.92. The lowest BCUT2D eigenvalue weighted by molar-refractivity contribution is 0.0645. The Morgan fingerprint density at radius 2 is 2.33 bits per heavy atom. The number of hydrogen-bond donors (Lipinski definition) is 2. The molecule has 0 aliphatic carbocycles. The van der Waals surface area contributed by atoms with Crippen LogP contribution in [0.25, 0.3) is 0 Å². The van der Waals surface area contributed by atoms with Gasteiger partial charge in [-0.25, -0.2) is 0 Å². The van der Waals surface area contributed by atoms with E-state index in [1.165, 1.54) is 0 Å². The third kappa shape index (κ3) is 5.97. The summed E-state index contributed by atoms with van der Waals surface area (Å²) in [5.74, 6) is 0.221. The number of nitrogens with two attached hydrogens (primary N) is 1. The highest BCUT2D eigenvalue weighted by atomic mass is 16.5. The number of amidine groups is 1. The van der Waals surface area contributed by atoms with Gasteiger partial charge in [-0.3, -0.25) is 0 Å². The Hall–Kier alpha value is -0.770. The van der Waals surface area contributed by atoms with Crippen molar-refractivity contribution in [2.75, 3.05) is 6.61 Å². The van der Waals surface area contributed by atoms with Crippen molar-refractivity contribution in [3.05, 3.63) is 0 Å². The number of ether oxygens (including phenoxy) is 1. The molecular formula is C8H18N2O2. The highest BCUT2D eigenvalue weighted by Gasteiger charge is 2.00. The first-order chi connectivity index (χ1) is 5.70. The molecule has 0 rings (SSSR count). The molecule has 0 fully saturated rings. The first-order valence-electron chi connectivity index (χ1n) is 4.28. The molecule has 1 atom stereocenters. The first kappa shape index (κ1) is 11.2. The largest absolute Gasteiger partial charge is 0.409 e. The van der Waals surface area contributed by atoms with Crippen LogP contribution >= 0.6 is 0 Å². The zero-order valence-corrected chi connectivity index (χ0v) is 7.79. The van der Waals surface area contributed by atoms with E-state index < -0.39 is 0 Å². The van der Waals surface area contributed by atoms with Gasteiger partial charge in [0.2, 0.25) is 0 Å². The van der Waals surface area contributed by atoms with Crippen LogP contribution in [0.15, 0.2) is 5.16 Å². The van der Waals surface area contributed by atoms with Crippen molar-refractivity contribution >= 4 is 5.84 Å². The SMILES string of the molecule is CCCC(C)OCCC(N)=NO. The first-order valence-corrected chi connectivity index (χ1v) is 4.28. The molecule has 4 heteroatoms. The van der Waals surface area contributed by atoms with Crippen LogP contribution in [0.2, 0.25) is 0 Å². The van der Waals surface area contributed by atoms with E-state index in [4.69, 9.17) is 15.7 Å². The molecule has 0 aliphatic heterocycles. The summed E-state index contributed by atoms with van der Waals surface area (Å²) in [6, 6.07) is 0. The van der Waals surface area contributed by atoms with Crippen LogP contribution < -0.4 is 5.73 Å². The predicted molar refractivity (Wildman–Crippen MR) is 48.3 cm³/mol. The molecule has 4 nitrogen and oxygen atoms in total. The minimum Gasteiger partial charge on any atom is -0.409 e. The van der Waals surface area contributed by atoms with Crippen molar-refractivity contribution in [2.24, 2.45) is 10.9 Å². The van der Waals surface area contributed by atoms with Gasteiger partial charge in [0.05, 0.1) is 12.7 Å². The second kappa shape index (κ2) is 6.91. The lowest BCUT2D eigenvalue weighted by Gasteiger charge is -2.10. The van der Waals surface area contributed by atoms with Gasteiger partial charge >= 0.3 is 0 Å². The molecule has 0 aromatic heterocycles. The van der Waals surface area contributed by atoms with Crippen molar-refractivity contribution in [2.45, 2.75) is 39.2 Å². The average molecular weight is 174 g/mol. The predicted octanol–water partition coefficient (Wildman–Crippen LogP) is 1.33. The van der Waals surface area contributed by atoms with Gasteiger partial charge in [0, 0.05) is 6.42 Å². The van der Waals surface area contributed by atoms with Gasteiger partial charge in [0.25, 0.3) is 0 Å². The van der Waals surface area contributed by atoms with Crippen LogP contribution in [0.4, 0.5) is 0 Å². The number of hydrogen-bond acceptors (Lipinski definition) is 3. The van der Waals surface area contributed by atoms with Gasteiger partial charge in [-0.1, -0.05) is 18.5 Å². The van der Waals surface area contributed by atoms with Gasteiger partial charge in [0.1, 0.15) is 5.84 Å². The van der Waals surface area contributed by atoms with Crippen molar-refractivity contribution in [3.8, 4) is 0 Å². The molecule has 0 saturated heterocycles. The molecule has 0 bridgehead atoms. The Labute approximate surface area is 73.4 Å². The second-order valence-electron chi connectivity index (χ2n) is 2.81. The monoisotopic (exact) mass is 174 g/mol. The van der Waals surface area contributed by atoms with E-state index in [-0.39, 0.29) is 11.9 Å². The molecule has 0 aliphatic rings. The van der Waals surface area contributed by atoms with Gasteiger partial charge in [-0.15, -0.1) is 0 Å². The van der Waals surface area contributed by atoms with Crippen LogP contribution in [-0.2, 0) is 4.74 Å². The van der Waals surface area contributed by atoms with Gasteiger partial charge in [-0.05, 0) is 13.3 Å². The van der Waals surface area contributed by atoms with E-state index >= 15 is 0 Å². The lowest BCUT2D eigenvalue weighted by atomic mass is 10.2.